The maximum atomic E-state index is 11.6. The third kappa shape index (κ3) is 3.21. The van der Waals surface area contributed by atoms with Gasteiger partial charge in [0.15, 0.2) is 0 Å². The Hall–Kier alpha value is -1.07. The Morgan fingerprint density at radius 1 is 1.75 bits per heavy atom. The van der Waals surface area contributed by atoms with E-state index in [-0.39, 0.29) is 18.3 Å². The summed E-state index contributed by atoms with van der Waals surface area (Å²) in [6.07, 6.45) is 5.65. The summed E-state index contributed by atoms with van der Waals surface area (Å²) in [6, 6.07) is 0.436. The summed E-state index contributed by atoms with van der Waals surface area (Å²) in [5.74, 6) is -0.0446. The molecule has 16 heavy (non-hydrogen) atoms. The van der Waals surface area contributed by atoms with Crippen molar-refractivity contribution >= 4 is 18.3 Å². The summed E-state index contributed by atoms with van der Waals surface area (Å²) < 4.78 is 1.63. The molecule has 0 aromatic carbocycles. The number of hydrogen-bond donors (Lipinski definition) is 2. The summed E-state index contributed by atoms with van der Waals surface area (Å²) in [4.78, 5) is 11.6. The number of carbonyl (C=O) groups is 1. The fourth-order valence-corrected chi connectivity index (χ4v) is 1.79. The lowest BCUT2D eigenvalue weighted by Crippen LogP contribution is -2.37. The molecule has 6 heteroatoms. The molecule has 1 aromatic rings. The lowest BCUT2D eigenvalue weighted by Gasteiger charge is -2.10. The van der Waals surface area contributed by atoms with Gasteiger partial charge < -0.3 is 10.6 Å². The van der Waals surface area contributed by atoms with Gasteiger partial charge in [0.1, 0.15) is 0 Å². The van der Waals surface area contributed by atoms with Crippen molar-refractivity contribution in [2.45, 2.75) is 18.9 Å². The van der Waals surface area contributed by atoms with Gasteiger partial charge in [-0.2, -0.15) is 5.10 Å². The van der Waals surface area contributed by atoms with Crippen LogP contribution in [0.5, 0.6) is 0 Å². The second kappa shape index (κ2) is 5.86. The van der Waals surface area contributed by atoms with Crippen LogP contribution in [-0.4, -0.2) is 34.8 Å². The highest BCUT2D eigenvalue weighted by atomic mass is 35.5. The first-order chi connectivity index (χ1) is 7.25. The number of rotatable bonds is 3. The minimum absolute atomic E-state index is 0. The topological polar surface area (TPSA) is 59.0 Å². The average Bonchev–Trinajstić information content (AvgIpc) is 2.84. The van der Waals surface area contributed by atoms with Crippen LogP contribution in [0, 0.1) is 0 Å². The molecular weight excluding hydrogens is 228 g/mol. The zero-order chi connectivity index (χ0) is 10.7. The van der Waals surface area contributed by atoms with Crippen molar-refractivity contribution in [3.63, 3.8) is 0 Å². The molecule has 1 aromatic heterocycles. The van der Waals surface area contributed by atoms with Crippen molar-refractivity contribution in [3.8, 4) is 0 Å². The molecule has 0 spiro atoms. The van der Waals surface area contributed by atoms with Gasteiger partial charge in [0.2, 0.25) is 0 Å². The first kappa shape index (κ1) is 13.0. The number of nitrogens with zero attached hydrogens (tertiary/aromatic N) is 2. The molecule has 1 saturated heterocycles. The number of carbonyl (C=O) groups excluding carboxylic acids is 1. The smallest absolute Gasteiger partial charge is 0.254 e. The standard InChI is InChI=1S/C10H16N4O.ClH/c1-14-7-8(5-13-14)10(15)12-6-9-3-2-4-11-9;/h5,7,9,11H,2-4,6H2,1H3,(H,12,15);1H. The van der Waals surface area contributed by atoms with Gasteiger partial charge in [-0.3, -0.25) is 9.48 Å². The largest absolute Gasteiger partial charge is 0.350 e. The maximum Gasteiger partial charge on any atom is 0.254 e. The zero-order valence-electron chi connectivity index (χ0n) is 9.27. The molecule has 5 nitrogen and oxygen atoms in total. The van der Waals surface area contributed by atoms with Crippen LogP contribution in [0.2, 0.25) is 0 Å². The molecule has 0 saturated carbocycles. The first-order valence-corrected chi connectivity index (χ1v) is 5.26. The molecule has 0 aliphatic carbocycles. The van der Waals surface area contributed by atoms with E-state index in [9.17, 15) is 4.79 Å². The van der Waals surface area contributed by atoms with Gasteiger partial charge in [0, 0.05) is 25.8 Å². The van der Waals surface area contributed by atoms with Gasteiger partial charge in [0.25, 0.3) is 5.91 Å². The van der Waals surface area contributed by atoms with Crippen molar-refractivity contribution in [1.29, 1.82) is 0 Å². The van der Waals surface area contributed by atoms with Crippen LogP contribution in [-0.2, 0) is 7.05 Å². The molecule has 1 unspecified atom stereocenters. The molecule has 1 aliphatic rings. The van der Waals surface area contributed by atoms with Gasteiger partial charge in [-0.1, -0.05) is 0 Å². The van der Waals surface area contributed by atoms with E-state index in [0.29, 0.717) is 18.2 Å². The Morgan fingerprint density at radius 3 is 3.12 bits per heavy atom. The Kier molecular flexibility index (Phi) is 4.76. The molecule has 90 valence electrons. The highest BCUT2D eigenvalue weighted by molar-refractivity contribution is 5.93. The van der Waals surface area contributed by atoms with E-state index in [4.69, 9.17) is 0 Å². The van der Waals surface area contributed by atoms with Crippen LogP contribution in [0.15, 0.2) is 12.4 Å². The average molecular weight is 245 g/mol. The Morgan fingerprint density at radius 2 is 2.56 bits per heavy atom. The summed E-state index contributed by atoms with van der Waals surface area (Å²) >= 11 is 0. The molecule has 1 fully saturated rings. The van der Waals surface area contributed by atoms with Gasteiger partial charge >= 0.3 is 0 Å². The number of aromatic nitrogens is 2. The van der Waals surface area contributed by atoms with Crippen LogP contribution < -0.4 is 10.6 Å². The molecule has 2 N–H and O–H groups in total. The molecule has 0 radical (unpaired) electrons. The lowest BCUT2D eigenvalue weighted by atomic mass is 10.2. The van der Waals surface area contributed by atoms with Crippen molar-refractivity contribution in [3.05, 3.63) is 18.0 Å². The number of amides is 1. The number of halogens is 1. The van der Waals surface area contributed by atoms with Crippen LogP contribution in [0.3, 0.4) is 0 Å². The molecule has 0 bridgehead atoms. The van der Waals surface area contributed by atoms with Crippen LogP contribution in [0.25, 0.3) is 0 Å². The molecular formula is C10H17ClN4O. The third-order valence-corrected chi connectivity index (χ3v) is 2.64. The second-order valence-electron chi connectivity index (χ2n) is 3.91. The number of aryl methyl sites for hydroxylation is 1. The fourth-order valence-electron chi connectivity index (χ4n) is 1.79. The van der Waals surface area contributed by atoms with Gasteiger partial charge in [0.05, 0.1) is 11.8 Å². The summed E-state index contributed by atoms with van der Waals surface area (Å²) in [5.41, 5.74) is 0.621. The van der Waals surface area contributed by atoms with Crippen molar-refractivity contribution in [2.24, 2.45) is 7.05 Å². The molecule has 2 heterocycles. The summed E-state index contributed by atoms with van der Waals surface area (Å²) in [5, 5.41) is 10.2. The minimum atomic E-state index is -0.0446. The molecule has 2 rings (SSSR count). The molecule has 1 atom stereocenters. The van der Waals surface area contributed by atoms with Crippen LogP contribution in [0.1, 0.15) is 23.2 Å². The Bertz CT molecular complexity index is 346. The van der Waals surface area contributed by atoms with Crippen LogP contribution >= 0.6 is 12.4 Å². The summed E-state index contributed by atoms with van der Waals surface area (Å²) in [6.45, 7) is 1.77. The SMILES string of the molecule is Cl.Cn1cc(C(=O)NCC2CCCN2)cn1. The normalized spacial score (nSPS) is 19.2. The van der Waals surface area contributed by atoms with E-state index >= 15 is 0 Å². The predicted octanol–water partition coefficient (Wildman–Crippen LogP) is 0.324. The molecule has 1 amide bonds. The van der Waals surface area contributed by atoms with E-state index in [0.717, 1.165) is 13.0 Å². The monoisotopic (exact) mass is 244 g/mol. The van der Waals surface area contributed by atoms with Crippen molar-refractivity contribution in [1.82, 2.24) is 20.4 Å². The summed E-state index contributed by atoms with van der Waals surface area (Å²) in [7, 11) is 1.80. The number of nitrogens with one attached hydrogen (secondary N) is 2. The highest BCUT2D eigenvalue weighted by Gasteiger charge is 2.15. The fraction of sp³-hybridized carbons (Fsp3) is 0.600. The maximum absolute atomic E-state index is 11.6. The van der Waals surface area contributed by atoms with Crippen LogP contribution in [0.4, 0.5) is 0 Å². The highest BCUT2D eigenvalue weighted by Crippen LogP contribution is 2.03. The van der Waals surface area contributed by atoms with E-state index in [1.165, 1.54) is 6.42 Å². The van der Waals surface area contributed by atoms with Gasteiger partial charge in [-0.05, 0) is 19.4 Å². The number of hydrogen-bond acceptors (Lipinski definition) is 3. The second-order valence-corrected chi connectivity index (χ2v) is 3.91. The quantitative estimate of drug-likeness (QED) is 0.806. The Labute approximate surface area is 101 Å². The van der Waals surface area contributed by atoms with E-state index in [2.05, 4.69) is 15.7 Å². The first-order valence-electron chi connectivity index (χ1n) is 5.26. The minimum Gasteiger partial charge on any atom is -0.350 e. The van der Waals surface area contributed by atoms with Crippen molar-refractivity contribution < 1.29 is 4.79 Å². The predicted molar refractivity (Wildman–Crippen MR) is 63.8 cm³/mol. The van der Waals surface area contributed by atoms with Crippen molar-refractivity contribution in [2.75, 3.05) is 13.1 Å². The van der Waals surface area contributed by atoms with E-state index in [1.807, 2.05) is 0 Å². The lowest BCUT2D eigenvalue weighted by molar-refractivity contribution is 0.0950. The third-order valence-electron chi connectivity index (χ3n) is 2.64. The van der Waals surface area contributed by atoms with Gasteiger partial charge in [-0.15, -0.1) is 12.4 Å². The van der Waals surface area contributed by atoms with E-state index in [1.54, 1.807) is 24.1 Å². The molecule has 1 aliphatic heterocycles. The van der Waals surface area contributed by atoms with E-state index < -0.39 is 0 Å². The zero-order valence-corrected chi connectivity index (χ0v) is 10.1. The van der Waals surface area contributed by atoms with Gasteiger partial charge in [-0.25, -0.2) is 0 Å². The Balaban J connectivity index is 0.00000128.